The first-order valence-corrected chi connectivity index (χ1v) is 8.55. The minimum atomic E-state index is 0.238. The fraction of sp³-hybridized carbons (Fsp3) is 0.312. The molecule has 6 nitrogen and oxygen atoms in total. The van der Waals surface area contributed by atoms with E-state index in [1.165, 1.54) is 11.8 Å². The zero-order valence-electron chi connectivity index (χ0n) is 13.6. The van der Waals surface area contributed by atoms with Crippen molar-refractivity contribution in [1.82, 2.24) is 19.7 Å². The van der Waals surface area contributed by atoms with Gasteiger partial charge in [0, 0.05) is 17.8 Å². The number of fused-ring (bicyclic) bond motifs is 1. The maximum absolute atomic E-state index is 5.27. The first-order valence-electron chi connectivity index (χ1n) is 7.32. The molecule has 23 heavy (non-hydrogen) atoms. The lowest BCUT2D eigenvalue weighted by atomic mass is 10.3. The van der Waals surface area contributed by atoms with E-state index >= 15 is 0 Å². The average molecular weight is 329 g/mol. The van der Waals surface area contributed by atoms with E-state index in [4.69, 9.17) is 4.74 Å². The van der Waals surface area contributed by atoms with E-state index < -0.39 is 0 Å². The van der Waals surface area contributed by atoms with Crippen molar-refractivity contribution in [2.24, 2.45) is 0 Å². The van der Waals surface area contributed by atoms with Crippen LogP contribution in [0.2, 0.25) is 0 Å². The summed E-state index contributed by atoms with van der Waals surface area (Å²) >= 11 is 1.51. The lowest BCUT2D eigenvalue weighted by molar-refractivity contribution is 0.415. The van der Waals surface area contributed by atoms with Gasteiger partial charge in [-0.1, -0.05) is 17.8 Å². The van der Waals surface area contributed by atoms with Gasteiger partial charge >= 0.3 is 0 Å². The Morgan fingerprint density at radius 2 is 2.09 bits per heavy atom. The third kappa shape index (κ3) is 3.10. The van der Waals surface area contributed by atoms with Crippen molar-refractivity contribution in [2.75, 3.05) is 18.7 Å². The van der Waals surface area contributed by atoms with Crippen molar-refractivity contribution in [3.8, 4) is 5.75 Å². The Kier molecular flexibility index (Phi) is 4.38. The summed E-state index contributed by atoms with van der Waals surface area (Å²) in [6.45, 7) is 4.17. The highest BCUT2D eigenvalue weighted by molar-refractivity contribution is 7.98. The second-order valence-electron chi connectivity index (χ2n) is 5.34. The van der Waals surface area contributed by atoms with Crippen molar-refractivity contribution < 1.29 is 4.74 Å². The third-order valence-electron chi connectivity index (χ3n) is 3.44. The Morgan fingerprint density at radius 3 is 2.78 bits per heavy atom. The molecule has 0 aliphatic heterocycles. The van der Waals surface area contributed by atoms with Gasteiger partial charge < -0.3 is 10.1 Å². The van der Waals surface area contributed by atoms with Crippen LogP contribution < -0.4 is 10.1 Å². The third-order valence-corrected chi connectivity index (χ3v) is 3.99. The minimum absolute atomic E-state index is 0.238. The van der Waals surface area contributed by atoms with Crippen LogP contribution in [0.1, 0.15) is 19.9 Å². The van der Waals surface area contributed by atoms with Crippen molar-refractivity contribution in [3.05, 3.63) is 30.5 Å². The van der Waals surface area contributed by atoms with E-state index in [1.807, 2.05) is 41.4 Å². The molecule has 0 saturated heterocycles. The molecule has 3 rings (SSSR count). The highest BCUT2D eigenvalue weighted by atomic mass is 32.2. The molecule has 0 spiro atoms. The summed E-state index contributed by atoms with van der Waals surface area (Å²) in [6, 6.07) is 7.99. The Balaban J connectivity index is 2.08. The second-order valence-corrected chi connectivity index (χ2v) is 6.11. The van der Waals surface area contributed by atoms with Crippen LogP contribution in [0.15, 0.2) is 35.6 Å². The van der Waals surface area contributed by atoms with Gasteiger partial charge in [0.1, 0.15) is 11.6 Å². The Hall–Kier alpha value is -2.28. The van der Waals surface area contributed by atoms with Crippen LogP contribution in [0.4, 0.5) is 11.5 Å². The van der Waals surface area contributed by atoms with E-state index in [1.54, 1.807) is 7.11 Å². The number of hydrogen-bond donors (Lipinski definition) is 1. The fourth-order valence-electron chi connectivity index (χ4n) is 2.31. The van der Waals surface area contributed by atoms with Crippen LogP contribution in [-0.2, 0) is 0 Å². The van der Waals surface area contributed by atoms with Crippen molar-refractivity contribution in [2.45, 2.75) is 25.0 Å². The SMILES string of the molecule is COc1cccc(Nc2nc(SC)nc3c2cnn3C(C)C)c1. The molecule has 120 valence electrons. The predicted octanol–water partition coefficient (Wildman–Crippen LogP) is 3.88. The summed E-state index contributed by atoms with van der Waals surface area (Å²) in [6.07, 6.45) is 3.77. The maximum Gasteiger partial charge on any atom is 0.191 e. The first-order chi connectivity index (χ1) is 11.1. The van der Waals surface area contributed by atoms with Crippen LogP contribution in [-0.4, -0.2) is 33.1 Å². The van der Waals surface area contributed by atoms with E-state index in [0.29, 0.717) is 5.16 Å². The van der Waals surface area contributed by atoms with Crippen molar-refractivity contribution in [3.63, 3.8) is 0 Å². The van der Waals surface area contributed by atoms with Crippen LogP contribution >= 0.6 is 11.8 Å². The summed E-state index contributed by atoms with van der Waals surface area (Å²) in [5.74, 6) is 1.54. The smallest absolute Gasteiger partial charge is 0.191 e. The van der Waals surface area contributed by atoms with Gasteiger partial charge in [-0.15, -0.1) is 0 Å². The summed E-state index contributed by atoms with van der Waals surface area (Å²) in [5.41, 5.74) is 1.75. The molecule has 1 N–H and O–H groups in total. The van der Waals surface area contributed by atoms with Crippen LogP contribution in [0.25, 0.3) is 11.0 Å². The van der Waals surface area contributed by atoms with Crippen molar-refractivity contribution >= 4 is 34.3 Å². The fourth-order valence-corrected chi connectivity index (χ4v) is 2.67. The van der Waals surface area contributed by atoms with E-state index in [-0.39, 0.29) is 6.04 Å². The molecule has 1 aromatic carbocycles. The monoisotopic (exact) mass is 329 g/mol. The number of hydrogen-bond acceptors (Lipinski definition) is 6. The summed E-state index contributed by atoms with van der Waals surface area (Å²) in [5, 5.41) is 9.41. The Labute approximate surface area is 139 Å². The van der Waals surface area contributed by atoms with E-state index in [0.717, 1.165) is 28.3 Å². The zero-order valence-corrected chi connectivity index (χ0v) is 14.4. The molecule has 0 aliphatic carbocycles. The van der Waals surface area contributed by atoms with E-state index in [2.05, 4.69) is 34.2 Å². The summed E-state index contributed by atoms with van der Waals surface area (Å²) in [4.78, 5) is 9.19. The molecule has 3 aromatic rings. The van der Waals surface area contributed by atoms with Crippen molar-refractivity contribution in [1.29, 1.82) is 0 Å². The molecule has 0 atom stereocenters. The lowest BCUT2D eigenvalue weighted by Crippen LogP contribution is -2.05. The zero-order chi connectivity index (χ0) is 16.4. The van der Waals surface area contributed by atoms with Gasteiger partial charge in [-0.05, 0) is 32.2 Å². The largest absolute Gasteiger partial charge is 0.497 e. The molecule has 0 unspecified atom stereocenters. The second kappa shape index (κ2) is 6.45. The number of benzene rings is 1. The van der Waals surface area contributed by atoms with Crippen LogP contribution in [0.5, 0.6) is 5.75 Å². The van der Waals surface area contributed by atoms with Gasteiger partial charge in [-0.3, -0.25) is 0 Å². The Morgan fingerprint density at radius 1 is 1.26 bits per heavy atom. The number of rotatable bonds is 5. The molecule has 0 aliphatic rings. The molecule has 7 heteroatoms. The molecular formula is C16H19N5OS. The molecule has 0 bridgehead atoms. The van der Waals surface area contributed by atoms with Gasteiger partial charge in [0.2, 0.25) is 0 Å². The molecule has 2 heterocycles. The number of thioether (sulfide) groups is 1. The number of methoxy groups -OCH3 is 1. The molecule has 0 radical (unpaired) electrons. The van der Waals surface area contributed by atoms with Gasteiger partial charge in [0.25, 0.3) is 0 Å². The first kappa shape index (κ1) is 15.6. The minimum Gasteiger partial charge on any atom is -0.497 e. The standard InChI is InChI=1S/C16H19N5OS/c1-10(2)21-15-13(9-17-21)14(19-16(20-15)23-4)18-11-6-5-7-12(8-11)22-3/h5-10H,1-4H3,(H,18,19,20). The quantitative estimate of drug-likeness (QED) is 0.566. The van der Waals surface area contributed by atoms with Crippen LogP contribution in [0, 0.1) is 0 Å². The summed E-state index contributed by atoms with van der Waals surface area (Å²) in [7, 11) is 1.65. The van der Waals surface area contributed by atoms with E-state index in [9.17, 15) is 0 Å². The number of anilines is 2. The van der Waals surface area contributed by atoms with Crippen LogP contribution in [0.3, 0.4) is 0 Å². The number of nitrogens with zero attached hydrogens (tertiary/aromatic N) is 4. The lowest BCUT2D eigenvalue weighted by Gasteiger charge is -2.11. The number of nitrogens with one attached hydrogen (secondary N) is 1. The topological polar surface area (TPSA) is 64.9 Å². The van der Waals surface area contributed by atoms with Gasteiger partial charge in [-0.25, -0.2) is 14.6 Å². The molecule has 0 amide bonds. The normalized spacial score (nSPS) is 11.2. The highest BCUT2D eigenvalue weighted by Crippen LogP contribution is 2.28. The number of aromatic nitrogens is 4. The molecule has 2 aromatic heterocycles. The average Bonchev–Trinajstić information content (AvgIpc) is 2.99. The van der Waals surface area contributed by atoms with Gasteiger partial charge in [0.15, 0.2) is 10.8 Å². The highest BCUT2D eigenvalue weighted by Gasteiger charge is 2.14. The molecule has 0 fully saturated rings. The molecule has 0 saturated carbocycles. The Bertz CT molecular complexity index is 830. The predicted molar refractivity (Wildman–Crippen MR) is 93.8 cm³/mol. The molecular weight excluding hydrogens is 310 g/mol. The number of ether oxygens (including phenoxy) is 1. The van der Waals surface area contributed by atoms with Gasteiger partial charge in [0.05, 0.1) is 18.7 Å². The van der Waals surface area contributed by atoms with Gasteiger partial charge in [-0.2, -0.15) is 5.10 Å². The maximum atomic E-state index is 5.27. The summed E-state index contributed by atoms with van der Waals surface area (Å²) < 4.78 is 7.18.